The molecule has 2 nitrogen and oxygen atoms in total. The molecule has 0 bridgehead atoms. The molecule has 0 radical (unpaired) electrons. The van der Waals surface area contributed by atoms with Crippen molar-refractivity contribution < 1.29 is 9.53 Å². The zero-order valence-corrected chi connectivity index (χ0v) is 8.94. The Morgan fingerprint density at radius 1 is 1.46 bits per heavy atom. The van der Waals surface area contributed by atoms with Crippen molar-refractivity contribution in [1.29, 1.82) is 0 Å². The van der Waals surface area contributed by atoms with Crippen LogP contribution in [0.4, 0.5) is 0 Å². The number of carbonyl (C=O) groups excluding carboxylic acids is 1. The van der Waals surface area contributed by atoms with Gasteiger partial charge in [-0.3, -0.25) is 0 Å². The molecule has 1 aliphatic rings. The quantitative estimate of drug-likeness (QED) is 0.583. The van der Waals surface area contributed by atoms with Crippen LogP contribution in [0.1, 0.15) is 40.0 Å². The Bertz CT molecular complexity index is 249. The SMILES string of the molecule is COC(=O)C1=C(C)CCCC1(C)C. The van der Waals surface area contributed by atoms with E-state index < -0.39 is 0 Å². The molecule has 0 fully saturated rings. The Kier molecular flexibility index (Phi) is 2.79. The Hall–Kier alpha value is -0.790. The van der Waals surface area contributed by atoms with E-state index >= 15 is 0 Å². The first-order valence-corrected chi connectivity index (χ1v) is 4.77. The Morgan fingerprint density at radius 2 is 2.08 bits per heavy atom. The first-order chi connectivity index (χ1) is 5.99. The fourth-order valence-electron chi connectivity index (χ4n) is 2.18. The molecule has 0 spiro atoms. The standard InChI is InChI=1S/C11H18O2/c1-8-6-5-7-11(2,3)9(8)10(12)13-4/h5-7H2,1-4H3. The van der Waals surface area contributed by atoms with Crippen molar-refractivity contribution in [3.05, 3.63) is 11.1 Å². The lowest BCUT2D eigenvalue weighted by molar-refractivity contribution is -0.137. The predicted molar refractivity (Wildman–Crippen MR) is 52.3 cm³/mol. The van der Waals surface area contributed by atoms with Crippen LogP contribution in [0, 0.1) is 5.41 Å². The van der Waals surface area contributed by atoms with Gasteiger partial charge < -0.3 is 4.74 Å². The van der Waals surface area contributed by atoms with Crippen LogP contribution in [-0.4, -0.2) is 13.1 Å². The second-order valence-corrected chi connectivity index (χ2v) is 4.38. The summed E-state index contributed by atoms with van der Waals surface area (Å²) in [4.78, 5) is 11.5. The first-order valence-electron chi connectivity index (χ1n) is 4.77. The number of carbonyl (C=O) groups is 1. The molecule has 0 unspecified atom stereocenters. The molecule has 1 aliphatic carbocycles. The number of allylic oxidation sites excluding steroid dienone is 1. The maximum atomic E-state index is 11.5. The van der Waals surface area contributed by atoms with Crippen LogP contribution in [0.3, 0.4) is 0 Å². The average molecular weight is 182 g/mol. The third kappa shape index (κ3) is 1.93. The molecule has 0 aromatic heterocycles. The number of rotatable bonds is 1. The molecular weight excluding hydrogens is 164 g/mol. The zero-order valence-electron chi connectivity index (χ0n) is 8.94. The van der Waals surface area contributed by atoms with Gasteiger partial charge in [-0.1, -0.05) is 19.4 Å². The number of methoxy groups -OCH3 is 1. The van der Waals surface area contributed by atoms with Crippen LogP contribution in [0.15, 0.2) is 11.1 Å². The maximum Gasteiger partial charge on any atom is 0.334 e. The highest BCUT2D eigenvalue weighted by molar-refractivity contribution is 5.90. The Balaban J connectivity index is 3.05. The van der Waals surface area contributed by atoms with Crippen molar-refractivity contribution in [1.82, 2.24) is 0 Å². The van der Waals surface area contributed by atoms with E-state index in [9.17, 15) is 4.79 Å². The van der Waals surface area contributed by atoms with Crippen LogP contribution < -0.4 is 0 Å². The minimum absolute atomic E-state index is 0.00454. The van der Waals surface area contributed by atoms with Crippen molar-refractivity contribution >= 4 is 5.97 Å². The smallest absolute Gasteiger partial charge is 0.334 e. The Morgan fingerprint density at radius 3 is 2.54 bits per heavy atom. The zero-order chi connectivity index (χ0) is 10.1. The minimum atomic E-state index is -0.151. The summed E-state index contributed by atoms with van der Waals surface area (Å²) in [6, 6.07) is 0. The van der Waals surface area contributed by atoms with E-state index in [4.69, 9.17) is 4.74 Å². The lowest BCUT2D eigenvalue weighted by Crippen LogP contribution is -2.26. The van der Waals surface area contributed by atoms with Gasteiger partial charge in [0.1, 0.15) is 0 Å². The van der Waals surface area contributed by atoms with Gasteiger partial charge in [-0.25, -0.2) is 4.79 Å². The topological polar surface area (TPSA) is 26.3 Å². The third-order valence-electron chi connectivity index (χ3n) is 2.85. The van der Waals surface area contributed by atoms with Gasteiger partial charge in [0, 0.05) is 5.57 Å². The molecule has 0 aromatic rings. The molecule has 0 aromatic carbocycles. The highest BCUT2D eigenvalue weighted by Crippen LogP contribution is 2.40. The van der Waals surface area contributed by atoms with Crippen molar-refractivity contribution in [3.63, 3.8) is 0 Å². The van der Waals surface area contributed by atoms with Gasteiger partial charge in [-0.05, 0) is 31.6 Å². The summed E-state index contributed by atoms with van der Waals surface area (Å²) in [5.41, 5.74) is 2.08. The summed E-state index contributed by atoms with van der Waals surface area (Å²) in [6.07, 6.45) is 3.29. The fourth-order valence-corrected chi connectivity index (χ4v) is 2.18. The first kappa shape index (κ1) is 10.3. The van der Waals surface area contributed by atoms with Crippen molar-refractivity contribution in [2.75, 3.05) is 7.11 Å². The van der Waals surface area contributed by atoms with Gasteiger partial charge in [0.15, 0.2) is 0 Å². The predicted octanol–water partition coefficient (Wildman–Crippen LogP) is 2.69. The van der Waals surface area contributed by atoms with Gasteiger partial charge in [0.25, 0.3) is 0 Å². The lowest BCUT2D eigenvalue weighted by Gasteiger charge is -2.32. The van der Waals surface area contributed by atoms with Crippen LogP contribution in [0.2, 0.25) is 0 Å². The van der Waals surface area contributed by atoms with Crippen LogP contribution in [0.5, 0.6) is 0 Å². The third-order valence-corrected chi connectivity index (χ3v) is 2.85. The largest absolute Gasteiger partial charge is 0.466 e. The summed E-state index contributed by atoms with van der Waals surface area (Å²) in [6.45, 7) is 6.26. The van der Waals surface area contributed by atoms with E-state index in [1.165, 1.54) is 19.1 Å². The minimum Gasteiger partial charge on any atom is -0.466 e. The number of hydrogen-bond donors (Lipinski definition) is 0. The summed E-state index contributed by atoms with van der Waals surface area (Å²) in [5.74, 6) is -0.151. The van der Waals surface area contributed by atoms with E-state index in [1.54, 1.807) is 0 Å². The molecular formula is C11H18O2. The van der Waals surface area contributed by atoms with Crippen LogP contribution >= 0.6 is 0 Å². The van der Waals surface area contributed by atoms with Gasteiger partial charge in [-0.2, -0.15) is 0 Å². The van der Waals surface area contributed by atoms with Gasteiger partial charge in [0.2, 0.25) is 0 Å². The number of ether oxygens (including phenoxy) is 1. The van der Waals surface area contributed by atoms with E-state index in [-0.39, 0.29) is 11.4 Å². The molecule has 1 rings (SSSR count). The van der Waals surface area contributed by atoms with Crippen LogP contribution in [0.25, 0.3) is 0 Å². The molecule has 13 heavy (non-hydrogen) atoms. The lowest BCUT2D eigenvalue weighted by atomic mass is 9.73. The summed E-state index contributed by atoms with van der Waals surface area (Å²) in [5, 5.41) is 0. The van der Waals surface area contributed by atoms with E-state index in [1.807, 2.05) is 6.92 Å². The highest BCUT2D eigenvalue weighted by atomic mass is 16.5. The molecule has 74 valence electrons. The second-order valence-electron chi connectivity index (χ2n) is 4.38. The summed E-state index contributed by atoms with van der Waals surface area (Å²) in [7, 11) is 1.45. The second kappa shape index (κ2) is 3.52. The maximum absolute atomic E-state index is 11.5. The van der Waals surface area contributed by atoms with Gasteiger partial charge in [0.05, 0.1) is 7.11 Å². The number of hydrogen-bond acceptors (Lipinski definition) is 2. The van der Waals surface area contributed by atoms with E-state index in [2.05, 4.69) is 13.8 Å². The van der Waals surface area contributed by atoms with E-state index in [0.717, 1.165) is 18.4 Å². The molecule has 0 aliphatic heterocycles. The van der Waals surface area contributed by atoms with Crippen molar-refractivity contribution in [2.45, 2.75) is 40.0 Å². The molecule has 0 N–H and O–H groups in total. The monoisotopic (exact) mass is 182 g/mol. The van der Waals surface area contributed by atoms with Crippen molar-refractivity contribution in [2.24, 2.45) is 5.41 Å². The van der Waals surface area contributed by atoms with Crippen molar-refractivity contribution in [3.8, 4) is 0 Å². The summed E-state index contributed by atoms with van der Waals surface area (Å²) < 4.78 is 4.80. The van der Waals surface area contributed by atoms with Gasteiger partial charge in [-0.15, -0.1) is 0 Å². The molecule has 0 atom stereocenters. The van der Waals surface area contributed by atoms with Crippen LogP contribution in [-0.2, 0) is 9.53 Å². The molecule has 0 saturated carbocycles. The Labute approximate surface area is 80.0 Å². The molecule has 0 amide bonds. The normalized spacial score (nSPS) is 21.5. The highest BCUT2D eigenvalue weighted by Gasteiger charge is 2.33. The summed E-state index contributed by atoms with van der Waals surface area (Å²) >= 11 is 0. The molecule has 0 heterocycles. The van der Waals surface area contributed by atoms with E-state index in [0.29, 0.717) is 0 Å². The average Bonchev–Trinajstić information content (AvgIpc) is 2.02. The van der Waals surface area contributed by atoms with Gasteiger partial charge >= 0.3 is 5.97 Å². The molecule has 0 saturated heterocycles. The fraction of sp³-hybridized carbons (Fsp3) is 0.727. The molecule has 2 heteroatoms. The number of esters is 1.